The molecule has 0 bridgehead atoms. The van der Waals surface area contributed by atoms with Crippen LogP contribution < -0.4 is 10.1 Å². The number of ether oxygens (including phenoxy) is 2. The van der Waals surface area contributed by atoms with Crippen LogP contribution in [0, 0.1) is 0 Å². The van der Waals surface area contributed by atoms with Gasteiger partial charge in [0.2, 0.25) is 0 Å². The van der Waals surface area contributed by atoms with Gasteiger partial charge in [-0.2, -0.15) is 0 Å². The first-order valence-electron chi connectivity index (χ1n) is 16.4. The zero-order valence-corrected chi connectivity index (χ0v) is 28.1. The van der Waals surface area contributed by atoms with Gasteiger partial charge < -0.3 is 33.2 Å². The fourth-order valence-electron chi connectivity index (χ4n) is 4.69. The molecule has 1 aromatic rings. The minimum Gasteiger partial charge on any atom is -0.494 e. The first-order chi connectivity index (χ1) is 20.9. The lowest BCUT2D eigenvalue weighted by molar-refractivity contribution is -0.132. The lowest BCUT2D eigenvalue weighted by Gasteiger charge is -2.28. The Bertz CT molecular complexity index is 894. The zero-order chi connectivity index (χ0) is 31.6. The van der Waals surface area contributed by atoms with Gasteiger partial charge in [0.15, 0.2) is 0 Å². The normalized spacial score (nSPS) is 11.9. The molecule has 1 rings (SSSR count). The molecule has 43 heavy (non-hydrogen) atoms. The summed E-state index contributed by atoms with van der Waals surface area (Å²) in [6.45, 7) is 11.0. The van der Waals surface area contributed by atoms with E-state index in [4.69, 9.17) is 22.8 Å². The maximum Gasteiger partial charge on any atom is 0.500 e. The van der Waals surface area contributed by atoms with Gasteiger partial charge in [-0.3, -0.25) is 0 Å². The molecule has 0 saturated heterocycles. The highest BCUT2D eigenvalue weighted by atomic mass is 28.4. The Hall–Kier alpha value is -2.40. The maximum atomic E-state index is 12.0. The Morgan fingerprint density at radius 3 is 2.09 bits per heavy atom. The van der Waals surface area contributed by atoms with Gasteiger partial charge in [-0.1, -0.05) is 64.0 Å². The van der Waals surface area contributed by atoms with E-state index in [0.29, 0.717) is 64.0 Å². The van der Waals surface area contributed by atoms with Crippen molar-refractivity contribution in [2.75, 3.05) is 39.6 Å². The molecule has 0 heterocycles. The fraction of sp³-hybridized carbons (Fsp3) is 0.697. The lowest BCUT2D eigenvalue weighted by atomic mass is 10.0. The molecule has 9 nitrogen and oxygen atoms in total. The monoisotopic (exact) mass is 623 g/mol. The Morgan fingerprint density at radius 2 is 1.44 bits per heavy atom. The number of benzene rings is 1. The van der Waals surface area contributed by atoms with E-state index in [-0.39, 0.29) is 0 Å². The Labute approximate surface area is 261 Å². The molecule has 0 atom stereocenters. The number of carboxylic acids is 1. The molecule has 0 aliphatic heterocycles. The number of hydrogen-bond acceptors (Lipinski definition) is 7. The van der Waals surface area contributed by atoms with E-state index in [1.807, 2.05) is 45.0 Å². The molecular formula is C33H57NO8Si. The van der Waals surface area contributed by atoms with Crippen molar-refractivity contribution in [3.8, 4) is 5.75 Å². The number of carboxylic acid groups (broad SMARTS) is 1. The van der Waals surface area contributed by atoms with Crippen LogP contribution in [0.3, 0.4) is 0 Å². The average molecular weight is 624 g/mol. The van der Waals surface area contributed by atoms with Crippen molar-refractivity contribution >= 4 is 26.9 Å². The summed E-state index contributed by atoms with van der Waals surface area (Å²) in [6, 6.07) is 8.25. The van der Waals surface area contributed by atoms with Crippen molar-refractivity contribution in [2.24, 2.45) is 0 Å². The van der Waals surface area contributed by atoms with Crippen LogP contribution in [0.1, 0.15) is 110 Å². The summed E-state index contributed by atoms with van der Waals surface area (Å²) in [6.07, 6.45) is 12.9. The Balaban J connectivity index is 2.28. The minimum atomic E-state index is -2.70. The van der Waals surface area contributed by atoms with Crippen molar-refractivity contribution in [1.29, 1.82) is 0 Å². The molecule has 1 amide bonds. The highest BCUT2D eigenvalue weighted by molar-refractivity contribution is 6.60. The molecule has 0 aliphatic rings. The zero-order valence-electron chi connectivity index (χ0n) is 27.1. The van der Waals surface area contributed by atoms with Crippen molar-refractivity contribution in [3.63, 3.8) is 0 Å². The number of amides is 1. The van der Waals surface area contributed by atoms with Crippen molar-refractivity contribution in [2.45, 2.75) is 111 Å². The quantitative estimate of drug-likeness (QED) is 0.0576. The highest BCUT2D eigenvalue weighted by Gasteiger charge is 2.39. The van der Waals surface area contributed by atoms with E-state index in [0.717, 1.165) is 43.4 Å². The van der Waals surface area contributed by atoms with Gasteiger partial charge >= 0.3 is 20.9 Å². The van der Waals surface area contributed by atoms with Crippen LogP contribution in [0.15, 0.2) is 29.8 Å². The second-order valence-electron chi connectivity index (χ2n) is 10.5. The molecule has 0 saturated carbocycles. The molecule has 10 heteroatoms. The number of carbonyl (C=O) groups is 2. The van der Waals surface area contributed by atoms with Gasteiger partial charge in [0.05, 0.1) is 13.2 Å². The topological polar surface area (TPSA) is 113 Å². The van der Waals surface area contributed by atoms with E-state index in [9.17, 15) is 14.7 Å². The second kappa shape index (κ2) is 25.0. The number of aliphatic carboxylic acids is 1. The lowest BCUT2D eigenvalue weighted by Crippen LogP contribution is -2.46. The van der Waals surface area contributed by atoms with Gasteiger partial charge in [0, 0.05) is 38.0 Å². The molecule has 2 N–H and O–H groups in total. The van der Waals surface area contributed by atoms with Gasteiger partial charge in [-0.05, 0) is 76.6 Å². The summed E-state index contributed by atoms with van der Waals surface area (Å²) < 4.78 is 28.7. The first kappa shape index (κ1) is 38.6. The van der Waals surface area contributed by atoms with Crippen LogP contribution >= 0.6 is 0 Å². The Morgan fingerprint density at radius 1 is 0.814 bits per heavy atom. The number of alkyl carbamates (subject to hydrolysis) is 1. The van der Waals surface area contributed by atoms with Crippen LogP contribution in [-0.2, 0) is 22.8 Å². The standard InChI is InChI=1S/C33H57NO8Si/c1-5-9-10-11-13-16-24-38-31-22-18-20-29(28-31)27-30(32(35)36)21-15-12-14-17-25-39-33(37)34-23-19-26-43(40-6-2,41-7-3)42-8-4/h18,20,22,27-28H,5-17,19,21,23-26H2,1-4H3,(H,34,37)(H,35,36)/b30-27+. The van der Waals surface area contributed by atoms with E-state index in [1.54, 1.807) is 6.08 Å². The molecule has 0 unspecified atom stereocenters. The average Bonchev–Trinajstić information content (AvgIpc) is 2.98. The van der Waals surface area contributed by atoms with Crippen LogP contribution in [0.5, 0.6) is 5.75 Å². The van der Waals surface area contributed by atoms with Crippen LogP contribution in [0.25, 0.3) is 6.08 Å². The third kappa shape index (κ3) is 18.8. The summed E-state index contributed by atoms with van der Waals surface area (Å²) >= 11 is 0. The van der Waals surface area contributed by atoms with E-state index >= 15 is 0 Å². The van der Waals surface area contributed by atoms with Crippen molar-refractivity contribution < 1.29 is 37.4 Å². The van der Waals surface area contributed by atoms with Gasteiger partial charge in [-0.25, -0.2) is 9.59 Å². The molecule has 1 aromatic carbocycles. The minimum absolute atomic E-state index is 0.328. The van der Waals surface area contributed by atoms with Crippen molar-refractivity contribution in [3.05, 3.63) is 35.4 Å². The number of carbonyl (C=O) groups excluding carboxylic acids is 1. The van der Waals surface area contributed by atoms with Gasteiger partial charge in [-0.15, -0.1) is 0 Å². The summed E-state index contributed by atoms with van der Waals surface area (Å²) in [5, 5.41) is 12.5. The third-order valence-corrected chi connectivity index (χ3v) is 9.99. The summed E-state index contributed by atoms with van der Waals surface area (Å²) in [7, 11) is -2.70. The summed E-state index contributed by atoms with van der Waals surface area (Å²) in [4.78, 5) is 23.8. The number of nitrogens with one attached hydrogen (secondary N) is 1. The van der Waals surface area contributed by atoms with E-state index < -0.39 is 20.9 Å². The molecule has 0 aliphatic carbocycles. The molecule has 0 fully saturated rings. The highest BCUT2D eigenvalue weighted by Crippen LogP contribution is 2.20. The maximum absolute atomic E-state index is 12.0. The van der Waals surface area contributed by atoms with Gasteiger partial charge in [0.1, 0.15) is 5.75 Å². The molecular weight excluding hydrogens is 566 g/mol. The largest absolute Gasteiger partial charge is 0.500 e. The smallest absolute Gasteiger partial charge is 0.494 e. The number of rotatable bonds is 27. The fourth-order valence-corrected chi connectivity index (χ4v) is 7.30. The van der Waals surface area contributed by atoms with Gasteiger partial charge in [0.25, 0.3) is 0 Å². The van der Waals surface area contributed by atoms with E-state index in [1.165, 1.54) is 32.1 Å². The van der Waals surface area contributed by atoms with Crippen molar-refractivity contribution in [1.82, 2.24) is 5.32 Å². The predicted molar refractivity (Wildman–Crippen MR) is 173 cm³/mol. The second-order valence-corrected chi connectivity index (χ2v) is 13.2. The van der Waals surface area contributed by atoms with Crippen LogP contribution in [-0.4, -0.2) is 65.6 Å². The summed E-state index contributed by atoms with van der Waals surface area (Å²) in [5.41, 5.74) is 1.22. The number of unbranched alkanes of at least 4 members (excludes halogenated alkanes) is 8. The predicted octanol–water partition coefficient (Wildman–Crippen LogP) is 8.01. The van der Waals surface area contributed by atoms with E-state index in [2.05, 4.69) is 12.2 Å². The first-order valence-corrected chi connectivity index (χ1v) is 18.3. The summed E-state index contributed by atoms with van der Waals surface area (Å²) in [5.74, 6) is -0.130. The van der Waals surface area contributed by atoms with Crippen LogP contribution in [0.2, 0.25) is 6.04 Å². The Kier molecular flexibility index (Phi) is 22.4. The number of hydrogen-bond donors (Lipinski definition) is 2. The molecule has 246 valence electrons. The molecule has 0 aromatic heterocycles. The van der Waals surface area contributed by atoms with Crippen LogP contribution in [0.4, 0.5) is 4.79 Å². The molecule has 0 spiro atoms. The third-order valence-electron chi connectivity index (χ3n) is 6.84. The SMILES string of the molecule is CCCCCCCCOc1cccc(/C=C(\CCCCCCOC(=O)NCCC[Si](OCC)(OCC)OCC)C(=O)O)c1. The molecule has 0 radical (unpaired) electrons.